The number of anilines is 1. The zero-order valence-electron chi connectivity index (χ0n) is 20.2. The maximum atomic E-state index is 13.2. The van der Waals surface area contributed by atoms with Crippen LogP contribution < -0.4 is 25.0 Å². The van der Waals surface area contributed by atoms with Crippen molar-refractivity contribution in [1.82, 2.24) is 25.4 Å². The molecule has 2 N–H and O–H groups in total. The molecule has 1 unspecified atom stereocenters. The number of likely N-dealkylation sites (N-methyl/N-ethyl adjacent to an activating group) is 1. The summed E-state index contributed by atoms with van der Waals surface area (Å²) in [7, 11) is 3.65. The molecule has 2 atom stereocenters. The predicted octanol–water partition coefficient (Wildman–Crippen LogP) is 0.380. The van der Waals surface area contributed by atoms with Crippen molar-refractivity contribution in [3.05, 3.63) is 47.2 Å². The van der Waals surface area contributed by atoms with Gasteiger partial charge in [-0.3, -0.25) is 14.9 Å². The molecular weight excluding hydrogens is 464 g/mol. The molecule has 5 heterocycles. The third kappa shape index (κ3) is 3.62. The van der Waals surface area contributed by atoms with Gasteiger partial charge >= 0.3 is 6.03 Å². The number of hydrogen-bond donors (Lipinski definition) is 2. The van der Waals surface area contributed by atoms with Crippen molar-refractivity contribution < 1.29 is 23.9 Å². The number of benzene rings is 1. The van der Waals surface area contributed by atoms with Crippen LogP contribution >= 0.6 is 0 Å². The van der Waals surface area contributed by atoms with E-state index in [1.54, 1.807) is 24.1 Å². The second-order valence-corrected chi connectivity index (χ2v) is 9.78. The van der Waals surface area contributed by atoms with E-state index in [0.29, 0.717) is 30.0 Å². The van der Waals surface area contributed by atoms with E-state index < -0.39 is 23.6 Å². The normalized spacial score (nSPS) is 25.4. The first-order valence-electron chi connectivity index (χ1n) is 12.1. The molecule has 2 aromatic rings. The van der Waals surface area contributed by atoms with Gasteiger partial charge in [0.15, 0.2) is 5.54 Å². The maximum Gasteiger partial charge on any atom is 0.322 e. The van der Waals surface area contributed by atoms with E-state index in [4.69, 9.17) is 14.5 Å². The second kappa shape index (κ2) is 8.37. The molecule has 4 amide bonds. The van der Waals surface area contributed by atoms with Gasteiger partial charge in [-0.15, -0.1) is 0 Å². The highest BCUT2D eigenvalue weighted by Crippen LogP contribution is 2.37. The summed E-state index contributed by atoms with van der Waals surface area (Å²) in [6.45, 7) is 4.00. The molecule has 0 radical (unpaired) electrons. The molecule has 0 bridgehead atoms. The van der Waals surface area contributed by atoms with Gasteiger partial charge in [-0.2, -0.15) is 0 Å². The largest absolute Gasteiger partial charge is 0.497 e. The van der Waals surface area contributed by atoms with Crippen LogP contribution in [0.5, 0.6) is 11.5 Å². The van der Waals surface area contributed by atoms with Crippen LogP contribution in [0.3, 0.4) is 0 Å². The highest BCUT2D eigenvalue weighted by molar-refractivity contribution is 6.08. The van der Waals surface area contributed by atoms with Crippen molar-refractivity contribution in [3.8, 4) is 11.5 Å². The summed E-state index contributed by atoms with van der Waals surface area (Å²) in [5, 5.41) is 5.13. The summed E-state index contributed by atoms with van der Waals surface area (Å²) in [5.74, 6) is 1.32. The molecule has 4 aliphatic rings. The number of pyridine rings is 1. The maximum absolute atomic E-state index is 13.2. The Morgan fingerprint density at radius 1 is 1.14 bits per heavy atom. The number of fused-ring (bicyclic) bond motifs is 2. The molecule has 11 nitrogen and oxygen atoms in total. The van der Waals surface area contributed by atoms with Gasteiger partial charge in [0.05, 0.1) is 19.3 Å². The van der Waals surface area contributed by atoms with Gasteiger partial charge in [-0.1, -0.05) is 6.07 Å². The van der Waals surface area contributed by atoms with Crippen LogP contribution in [0.2, 0.25) is 0 Å². The number of aromatic nitrogens is 1. The lowest BCUT2D eigenvalue weighted by Gasteiger charge is -2.34. The molecule has 1 aromatic carbocycles. The van der Waals surface area contributed by atoms with Crippen LogP contribution in [-0.2, 0) is 17.8 Å². The van der Waals surface area contributed by atoms with Gasteiger partial charge in [0, 0.05) is 44.7 Å². The molecule has 0 spiro atoms. The Hall–Kier alpha value is -3.86. The van der Waals surface area contributed by atoms with Crippen LogP contribution in [0, 0.1) is 0 Å². The number of ether oxygens (including phenoxy) is 2. The lowest BCUT2D eigenvalue weighted by Crippen LogP contribution is -2.64. The quantitative estimate of drug-likeness (QED) is 0.576. The Balaban J connectivity index is 1.25. The summed E-state index contributed by atoms with van der Waals surface area (Å²) in [6, 6.07) is 8.55. The minimum Gasteiger partial charge on any atom is -0.497 e. The average molecular weight is 493 g/mol. The van der Waals surface area contributed by atoms with Crippen LogP contribution in [-0.4, -0.2) is 91.2 Å². The molecule has 188 valence electrons. The molecule has 1 aromatic heterocycles. The Morgan fingerprint density at radius 3 is 2.67 bits per heavy atom. The number of urea groups is 1. The monoisotopic (exact) mass is 492 g/mol. The van der Waals surface area contributed by atoms with Crippen LogP contribution in [0.25, 0.3) is 0 Å². The molecule has 0 saturated carbocycles. The van der Waals surface area contributed by atoms with Gasteiger partial charge in [-0.05, 0) is 36.9 Å². The van der Waals surface area contributed by atoms with Crippen molar-refractivity contribution in [2.24, 2.45) is 0 Å². The van der Waals surface area contributed by atoms with Gasteiger partial charge < -0.3 is 29.5 Å². The molecule has 11 heteroatoms. The van der Waals surface area contributed by atoms with Crippen molar-refractivity contribution >= 4 is 23.7 Å². The summed E-state index contributed by atoms with van der Waals surface area (Å²) in [5.41, 5.74) is 0.678. The standard InChI is InChI=1S/C25H28N6O5/c1-29-7-9-30(10-8-29)21-6-5-19-18(26-21)12-20(36-19)25(23(33)27-24(34)28-25)14-31-13-15-3-4-16(35-2)11-17(15)22(31)32/h3-6,11,20H,7-10,12-14H2,1-2H3,(H2,27,28,33,34)/t20?,25-/m0/s1. The highest BCUT2D eigenvalue weighted by atomic mass is 16.5. The number of carbonyl (C=O) groups excluding carboxylic acids is 3. The van der Waals surface area contributed by atoms with E-state index in [9.17, 15) is 14.4 Å². The first-order valence-corrected chi connectivity index (χ1v) is 12.1. The fraction of sp³-hybridized carbons (Fsp3) is 0.440. The Bertz CT molecular complexity index is 1260. The van der Waals surface area contributed by atoms with Crippen LogP contribution in [0.1, 0.15) is 21.6 Å². The predicted molar refractivity (Wildman–Crippen MR) is 129 cm³/mol. The number of piperazine rings is 1. The first kappa shape index (κ1) is 22.6. The van der Waals surface area contributed by atoms with Crippen molar-refractivity contribution in [3.63, 3.8) is 0 Å². The number of hydrogen-bond acceptors (Lipinski definition) is 8. The lowest BCUT2D eigenvalue weighted by atomic mass is 9.89. The second-order valence-electron chi connectivity index (χ2n) is 9.78. The number of imide groups is 1. The van der Waals surface area contributed by atoms with Gasteiger partial charge in [0.1, 0.15) is 23.4 Å². The fourth-order valence-corrected chi connectivity index (χ4v) is 5.43. The Morgan fingerprint density at radius 2 is 1.94 bits per heavy atom. The third-order valence-electron chi connectivity index (χ3n) is 7.55. The molecule has 4 aliphatic heterocycles. The number of methoxy groups -OCH3 is 1. The van der Waals surface area contributed by atoms with E-state index in [2.05, 4.69) is 27.5 Å². The minimum atomic E-state index is -1.44. The molecular formula is C25H28N6O5. The lowest BCUT2D eigenvalue weighted by molar-refractivity contribution is -0.127. The van der Waals surface area contributed by atoms with E-state index in [0.717, 1.165) is 43.3 Å². The van der Waals surface area contributed by atoms with E-state index in [1.807, 2.05) is 18.2 Å². The molecule has 6 rings (SSSR count). The number of nitrogens with one attached hydrogen (secondary N) is 2. The van der Waals surface area contributed by atoms with Crippen molar-refractivity contribution in [1.29, 1.82) is 0 Å². The van der Waals surface area contributed by atoms with Gasteiger partial charge in [-0.25, -0.2) is 9.78 Å². The third-order valence-corrected chi connectivity index (χ3v) is 7.55. The number of carbonyl (C=O) groups is 3. The van der Waals surface area contributed by atoms with E-state index >= 15 is 0 Å². The smallest absolute Gasteiger partial charge is 0.322 e. The zero-order chi connectivity index (χ0) is 25.0. The summed E-state index contributed by atoms with van der Waals surface area (Å²) in [4.78, 5) is 49.6. The molecule has 2 fully saturated rings. The first-order chi connectivity index (χ1) is 17.4. The number of rotatable bonds is 5. The van der Waals surface area contributed by atoms with Crippen molar-refractivity contribution in [2.75, 3.05) is 51.8 Å². The summed E-state index contributed by atoms with van der Waals surface area (Å²) >= 11 is 0. The zero-order valence-corrected chi connectivity index (χ0v) is 20.2. The fourth-order valence-electron chi connectivity index (χ4n) is 5.43. The topological polar surface area (TPSA) is 116 Å². The highest BCUT2D eigenvalue weighted by Gasteiger charge is 2.57. The Labute approximate surface area is 208 Å². The van der Waals surface area contributed by atoms with Gasteiger partial charge in [0.2, 0.25) is 0 Å². The number of nitrogens with zero attached hydrogens (tertiary/aromatic N) is 4. The molecule has 2 saturated heterocycles. The van der Waals surface area contributed by atoms with Gasteiger partial charge in [0.25, 0.3) is 11.8 Å². The number of amides is 4. The minimum absolute atomic E-state index is 0.0234. The molecule has 36 heavy (non-hydrogen) atoms. The SMILES string of the molecule is COc1ccc2c(c1)C(=O)N(C[C@@]1(C3Cc4nc(N5CCN(C)CC5)ccc4O3)NC(=O)NC1=O)C2. The summed E-state index contributed by atoms with van der Waals surface area (Å²) in [6.07, 6.45) is -0.367. The van der Waals surface area contributed by atoms with Crippen molar-refractivity contribution in [2.45, 2.75) is 24.6 Å². The van der Waals surface area contributed by atoms with E-state index in [-0.39, 0.29) is 12.5 Å². The Kier molecular flexibility index (Phi) is 5.25. The van der Waals surface area contributed by atoms with Crippen LogP contribution in [0.15, 0.2) is 30.3 Å². The molecule has 0 aliphatic carbocycles. The summed E-state index contributed by atoms with van der Waals surface area (Å²) < 4.78 is 11.5. The van der Waals surface area contributed by atoms with Crippen LogP contribution in [0.4, 0.5) is 10.6 Å². The van der Waals surface area contributed by atoms with E-state index in [1.165, 1.54) is 0 Å². The average Bonchev–Trinajstić information content (AvgIpc) is 3.53.